The molecule has 2 saturated heterocycles. The van der Waals surface area contributed by atoms with Crippen LogP contribution in [0.1, 0.15) is 24.8 Å². The minimum atomic E-state index is -0.177. The van der Waals surface area contributed by atoms with Crippen molar-refractivity contribution in [1.82, 2.24) is 9.80 Å². The van der Waals surface area contributed by atoms with Crippen LogP contribution in [0.3, 0.4) is 0 Å². The van der Waals surface area contributed by atoms with Crippen molar-refractivity contribution < 1.29 is 9.13 Å². The van der Waals surface area contributed by atoms with Crippen LogP contribution in [0.15, 0.2) is 30.3 Å². The molecular weight excluding hydrogens is 291 g/mol. The van der Waals surface area contributed by atoms with Gasteiger partial charge in [0.15, 0.2) is 0 Å². The highest BCUT2D eigenvalue weighted by Gasteiger charge is 2.24. The van der Waals surface area contributed by atoms with Gasteiger partial charge in [-0.2, -0.15) is 0 Å². The second kappa shape index (κ2) is 8.57. The van der Waals surface area contributed by atoms with Gasteiger partial charge in [0.25, 0.3) is 0 Å². The van der Waals surface area contributed by atoms with Crippen molar-refractivity contribution in [3.8, 4) is 0 Å². The fraction of sp³-hybridized carbons (Fsp3) is 0.579. The van der Waals surface area contributed by atoms with Crippen LogP contribution in [0.2, 0.25) is 0 Å². The van der Waals surface area contributed by atoms with Crippen LogP contribution in [0.25, 0.3) is 6.08 Å². The Hall–Kier alpha value is -1.23. The van der Waals surface area contributed by atoms with E-state index in [0.29, 0.717) is 6.04 Å². The molecule has 0 N–H and O–H groups in total. The van der Waals surface area contributed by atoms with Crippen molar-refractivity contribution >= 4 is 6.08 Å². The van der Waals surface area contributed by atoms with Gasteiger partial charge in [-0.15, -0.1) is 0 Å². The van der Waals surface area contributed by atoms with Gasteiger partial charge in [0.1, 0.15) is 5.82 Å². The molecule has 0 aromatic heterocycles. The van der Waals surface area contributed by atoms with E-state index in [1.54, 1.807) is 0 Å². The van der Waals surface area contributed by atoms with Crippen LogP contribution in [0.4, 0.5) is 4.39 Å². The molecule has 0 spiro atoms. The Bertz CT molecular complexity index is 497. The van der Waals surface area contributed by atoms with E-state index in [1.807, 2.05) is 12.1 Å². The number of morpholine rings is 1. The number of piperidine rings is 1. The molecule has 0 bridgehead atoms. The standard InChI is InChI=1S/C19H27FN2O/c20-18-8-6-17(7-9-18)4-3-11-22-10-2-1-5-19(22)16-21-12-14-23-15-13-21/h3-4,6-9,19H,1-2,5,10-16H2/b4-3+/t19-/m0/s1. The lowest BCUT2D eigenvalue weighted by Gasteiger charge is -2.39. The first-order valence-corrected chi connectivity index (χ1v) is 8.77. The summed E-state index contributed by atoms with van der Waals surface area (Å²) in [6, 6.07) is 7.34. The monoisotopic (exact) mass is 318 g/mol. The van der Waals surface area contributed by atoms with Gasteiger partial charge in [0.05, 0.1) is 13.2 Å². The molecule has 2 aliphatic heterocycles. The topological polar surface area (TPSA) is 15.7 Å². The zero-order chi connectivity index (χ0) is 15.9. The summed E-state index contributed by atoms with van der Waals surface area (Å²) < 4.78 is 18.4. The Kier molecular flexibility index (Phi) is 6.20. The molecule has 2 aliphatic rings. The zero-order valence-electron chi connectivity index (χ0n) is 13.8. The average molecular weight is 318 g/mol. The Morgan fingerprint density at radius 3 is 2.65 bits per heavy atom. The van der Waals surface area contributed by atoms with Crippen LogP contribution in [0, 0.1) is 5.82 Å². The smallest absolute Gasteiger partial charge is 0.123 e. The molecule has 0 radical (unpaired) electrons. The average Bonchev–Trinajstić information content (AvgIpc) is 2.59. The van der Waals surface area contributed by atoms with Gasteiger partial charge in [-0.25, -0.2) is 4.39 Å². The van der Waals surface area contributed by atoms with Crippen LogP contribution < -0.4 is 0 Å². The minimum absolute atomic E-state index is 0.177. The number of benzene rings is 1. The Balaban J connectivity index is 1.52. The van der Waals surface area contributed by atoms with Gasteiger partial charge in [-0.05, 0) is 37.1 Å². The molecule has 0 saturated carbocycles. The number of halogens is 1. The predicted octanol–water partition coefficient (Wildman–Crippen LogP) is 3.03. The van der Waals surface area contributed by atoms with Crippen molar-refractivity contribution in [2.75, 3.05) is 45.9 Å². The molecule has 23 heavy (non-hydrogen) atoms. The Morgan fingerprint density at radius 2 is 1.87 bits per heavy atom. The summed E-state index contributed by atoms with van der Waals surface area (Å²) in [7, 11) is 0. The molecule has 1 aromatic rings. The molecule has 0 aliphatic carbocycles. The van der Waals surface area contributed by atoms with E-state index in [-0.39, 0.29) is 5.82 Å². The van der Waals surface area contributed by atoms with Crippen LogP contribution >= 0.6 is 0 Å². The molecule has 1 aromatic carbocycles. The van der Waals surface area contributed by atoms with E-state index in [1.165, 1.54) is 37.9 Å². The summed E-state index contributed by atoms with van der Waals surface area (Å²) >= 11 is 0. The van der Waals surface area contributed by atoms with Crippen molar-refractivity contribution in [3.05, 3.63) is 41.7 Å². The normalized spacial score (nSPS) is 24.3. The summed E-state index contributed by atoms with van der Waals surface area (Å²) in [6.07, 6.45) is 8.24. The van der Waals surface area contributed by atoms with Crippen molar-refractivity contribution in [2.45, 2.75) is 25.3 Å². The summed E-state index contributed by atoms with van der Waals surface area (Å²) in [4.78, 5) is 5.13. The fourth-order valence-electron chi connectivity index (χ4n) is 3.49. The number of nitrogens with zero attached hydrogens (tertiary/aromatic N) is 2. The maximum absolute atomic E-state index is 12.9. The number of hydrogen-bond acceptors (Lipinski definition) is 3. The first-order valence-electron chi connectivity index (χ1n) is 8.77. The minimum Gasteiger partial charge on any atom is -0.379 e. The number of rotatable bonds is 5. The van der Waals surface area contributed by atoms with E-state index >= 15 is 0 Å². The maximum atomic E-state index is 12.9. The van der Waals surface area contributed by atoms with Crippen LogP contribution in [-0.2, 0) is 4.74 Å². The predicted molar refractivity (Wildman–Crippen MR) is 91.9 cm³/mol. The first kappa shape index (κ1) is 16.6. The quantitative estimate of drug-likeness (QED) is 0.830. The van der Waals surface area contributed by atoms with Gasteiger partial charge >= 0.3 is 0 Å². The zero-order valence-corrected chi connectivity index (χ0v) is 13.8. The molecule has 2 heterocycles. The Morgan fingerprint density at radius 1 is 1.09 bits per heavy atom. The molecule has 126 valence electrons. The van der Waals surface area contributed by atoms with Gasteiger partial charge in [-0.1, -0.05) is 30.7 Å². The van der Waals surface area contributed by atoms with Gasteiger partial charge in [0.2, 0.25) is 0 Å². The summed E-state index contributed by atoms with van der Waals surface area (Å²) in [5.74, 6) is -0.177. The molecule has 3 rings (SSSR count). The third-order valence-corrected chi connectivity index (χ3v) is 4.84. The van der Waals surface area contributed by atoms with Gasteiger partial charge in [0, 0.05) is 32.2 Å². The van der Waals surface area contributed by atoms with E-state index in [9.17, 15) is 4.39 Å². The molecule has 0 unspecified atom stereocenters. The second-order valence-corrected chi connectivity index (χ2v) is 6.51. The largest absolute Gasteiger partial charge is 0.379 e. The lowest BCUT2D eigenvalue weighted by atomic mass is 10.0. The van der Waals surface area contributed by atoms with Crippen molar-refractivity contribution in [3.63, 3.8) is 0 Å². The highest BCUT2D eigenvalue weighted by Crippen LogP contribution is 2.18. The van der Waals surface area contributed by atoms with Crippen LogP contribution in [-0.4, -0.2) is 61.8 Å². The third-order valence-electron chi connectivity index (χ3n) is 4.84. The number of hydrogen-bond donors (Lipinski definition) is 0. The maximum Gasteiger partial charge on any atom is 0.123 e. The highest BCUT2D eigenvalue weighted by molar-refractivity contribution is 5.48. The molecule has 4 heteroatoms. The second-order valence-electron chi connectivity index (χ2n) is 6.51. The van der Waals surface area contributed by atoms with Gasteiger partial charge < -0.3 is 4.74 Å². The lowest BCUT2D eigenvalue weighted by molar-refractivity contribution is 0.0186. The molecule has 2 fully saturated rings. The lowest BCUT2D eigenvalue weighted by Crippen LogP contribution is -2.49. The first-order chi connectivity index (χ1) is 11.3. The summed E-state index contributed by atoms with van der Waals surface area (Å²) in [6.45, 7) is 7.20. The van der Waals surface area contributed by atoms with E-state index in [0.717, 1.165) is 45.0 Å². The van der Waals surface area contributed by atoms with Crippen LogP contribution in [0.5, 0.6) is 0 Å². The highest BCUT2D eigenvalue weighted by atomic mass is 19.1. The third kappa shape index (κ3) is 5.13. The van der Waals surface area contributed by atoms with E-state index in [2.05, 4.69) is 22.0 Å². The van der Waals surface area contributed by atoms with E-state index in [4.69, 9.17) is 4.74 Å². The number of ether oxygens (including phenoxy) is 1. The Labute approximate surface area is 138 Å². The van der Waals surface area contributed by atoms with Crippen molar-refractivity contribution in [2.24, 2.45) is 0 Å². The fourth-order valence-corrected chi connectivity index (χ4v) is 3.49. The van der Waals surface area contributed by atoms with Crippen molar-refractivity contribution in [1.29, 1.82) is 0 Å². The molecular formula is C19H27FN2O. The van der Waals surface area contributed by atoms with E-state index < -0.39 is 0 Å². The molecule has 0 amide bonds. The number of likely N-dealkylation sites (tertiary alicyclic amines) is 1. The van der Waals surface area contributed by atoms with Gasteiger partial charge in [-0.3, -0.25) is 9.80 Å². The molecule has 3 nitrogen and oxygen atoms in total. The summed E-state index contributed by atoms with van der Waals surface area (Å²) in [5, 5.41) is 0. The SMILES string of the molecule is Fc1ccc(/C=C/CN2CCCC[C@H]2CN2CCOCC2)cc1. The molecule has 1 atom stereocenters. The summed E-state index contributed by atoms with van der Waals surface area (Å²) in [5.41, 5.74) is 1.06.